The van der Waals surface area contributed by atoms with Gasteiger partial charge in [-0.05, 0) is 30.7 Å². The van der Waals surface area contributed by atoms with Crippen LogP contribution >= 0.6 is 0 Å². The molecule has 0 amide bonds. The fourth-order valence-corrected chi connectivity index (χ4v) is 1.58. The first-order valence-electron chi connectivity index (χ1n) is 5.55. The van der Waals surface area contributed by atoms with E-state index < -0.39 is 0 Å². The van der Waals surface area contributed by atoms with Gasteiger partial charge in [0.15, 0.2) is 11.5 Å². The van der Waals surface area contributed by atoms with Crippen molar-refractivity contribution in [2.75, 3.05) is 14.2 Å². The molecule has 93 valence electrons. The second-order valence-corrected chi connectivity index (χ2v) is 3.73. The molecule has 0 spiro atoms. The number of hydrogen-bond donors (Lipinski definition) is 0. The maximum atomic E-state index is 5.79. The first-order chi connectivity index (χ1) is 8.74. The normalized spacial score (nSPS) is 9.94. The van der Waals surface area contributed by atoms with Gasteiger partial charge in [-0.2, -0.15) is 0 Å². The highest BCUT2D eigenvalue weighted by Crippen LogP contribution is 2.35. The van der Waals surface area contributed by atoms with Crippen LogP contribution in [0.5, 0.6) is 23.0 Å². The highest BCUT2D eigenvalue weighted by atomic mass is 16.5. The van der Waals surface area contributed by atoms with Crippen LogP contribution in [-0.4, -0.2) is 14.2 Å². The van der Waals surface area contributed by atoms with E-state index in [1.807, 2.05) is 36.4 Å². The largest absolute Gasteiger partial charge is 0.497 e. The lowest BCUT2D eigenvalue weighted by atomic mass is 10.2. The molecule has 0 unspecified atom stereocenters. The van der Waals surface area contributed by atoms with Crippen LogP contribution in [0.15, 0.2) is 42.5 Å². The summed E-state index contributed by atoms with van der Waals surface area (Å²) in [5.41, 5.74) is 0.829. The molecule has 0 saturated carbocycles. The quantitative estimate of drug-likeness (QED) is 0.819. The predicted molar refractivity (Wildman–Crippen MR) is 70.5 cm³/mol. The summed E-state index contributed by atoms with van der Waals surface area (Å²) >= 11 is 0. The van der Waals surface area contributed by atoms with Crippen molar-refractivity contribution in [1.82, 2.24) is 0 Å². The molecular weight excluding hydrogens is 228 g/mol. The first kappa shape index (κ1) is 12.3. The smallest absolute Gasteiger partial charge is 0.169 e. The van der Waals surface area contributed by atoms with Crippen molar-refractivity contribution in [1.29, 1.82) is 0 Å². The summed E-state index contributed by atoms with van der Waals surface area (Å²) in [5, 5.41) is 0. The molecule has 0 N–H and O–H groups in total. The summed E-state index contributed by atoms with van der Waals surface area (Å²) in [7, 11) is 3.21. The predicted octanol–water partition coefficient (Wildman–Crippen LogP) is 3.68. The summed E-state index contributed by atoms with van der Waals surface area (Å²) in [4.78, 5) is 0. The molecule has 3 nitrogen and oxygen atoms in total. The molecule has 0 bridgehead atoms. The Balaban J connectivity index is 2.32. The zero-order chi connectivity index (χ0) is 13.0. The third-order valence-corrected chi connectivity index (χ3v) is 2.56. The minimum atomic E-state index is 0.623. The minimum Gasteiger partial charge on any atom is -0.497 e. The van der Waals surface area contributed by atoms with Crippen molar-refractivity contribution in [3.05, 3.63) is 55.0 Å². The van der Waals surface area contributed by atoms with E-state index in [2.05, 4.69) is 6.92 Å². The Morgan fingerprint density at radius 3 is 2.28 bits per heavy atom. The van der Waals surface area contributed by atoms with Gasteiger partial charge in [-0.15, -0.1) is 0 Å². The Morgan fingerprint density at radius 2 is 1.61 bits per heavy atom. The summed E-state index contributed by atoms with van der Waals surface area (Å²) < 4.78 is 16.2. The topological polar surface area (TPSA) is 27.7 Å². The van der Waals surface area contributed by atoms with Gasteiger partial charge in [-0.3, -0.25) is 0 Å². The van der Waals surface area contributed by atoms with Crippen molar-refractivity contribution < 1.29 is 14.2 Å². The SMILES string of the molecule is [CH2]c1ccccc1Oc1ccc(OC)cc1OC. The zero-order valence-electron chi connectivity index (χ0n) is 10.5. The van der Waals surface area contributed by atoms with Crippen LogP contribution < -0.4 is 14.2 Å². The van der Waals surface area contributed by atoms with E-state index in [4.69, 9.17) is 14.2 Å². The molecule has 2 rings (SSSR count). The fraction of sp³-hybridized carbons (Fsp3) is 0.133. The molecule has 2 aromatic carbocycles. The number of ether oxygens (including phenoxy) is 3. The van der Waals surface area contributed by atoms with Crippen LogP contribution in [-0.2, 0) is 0 Å². The van der Waals surface area contributed by atoms with Gasteiger partial charge in [0.2, 0.25) is 0 Å². The van der Waals surface area contributed by atoms with E-state index in [1.54, 1.807) is 20.3 Å². The Kier molecular flexibility index (Phi) is 3.72. The van der Waals surface area contributed by atoms with Gasteiger partial charge in [0.1, 0.15) is 11.5 Å². The third-order valence-electron chi connectivity index (χ3n) is 2.56. The highest BCUT2D eigenvalue weighted by Gasteiger charge is 2.08. The lowest BCUT2D eigenvalue weighted by Crippen LogP contribution is -1.93. The van der Waals surface area contributed by atoms with Crippen LogP contribution in [0.4, 0.5) is 0 Å². The molecule has 0 atom stereocenters. The average Bonchev–Trinajstić information content (AvgIpc) is 2.41. The third kappa shape index (κ3) is 2.56. The average molecular weight is 243 g/mol. The Labute approximate surface area is 107 Å². The lowest BCUT2D eigenvalue weighted by Gasteiger charge is -2.12. The molecule has 0 aliphatic rings. The van der Waals surface area contributed by atoms with Crippen molar-refractivity contribution in [2.24, 2.45) is 0 Å². The number of para-hydroxylation sites is 1. The van der Waals surface area contributed by atoms with E-state index in [9.17, 15) is 0 Å². The number of methoxy groups -OCH3 is 2. The lowest BCUT2D eigenvalue weighted by molar-refractivity contribution is 0.368. The Hall–Kier alpha value is -2.16. The summed E-state index contributed by atoms with van der Waals surface area (Å²) in [6.07, 6.45) is 0. The van der Waals surface area contributed by atoms with Gasteiger partial charge in [0.25, 0.3) is 0 Å². The van der Waals surface area contributed by atoms with E-state index >= 15 is 0 Å². The van der Waals surface area contributed by atoms with Gasteiger partial charge in [-0.1, -0.05) is 18.2 Å². The van der Waals surface area contributed by atoms with Gasteiger partial charge in [-0.25, -0.2) is 0 Å². The second kappa shape index (κ2) is 5.45. The molecule has 0 saturated heterocycles. The van der Waals surface area contributed by atoms with E-state index in [0.717, 1.165) is 11.3 Å². The van der Waals surface area contributed by atoms with Crippen LogP contribution in [0.3, 0.4) is 0 Å². The van der Waals surface area contributed by atoms with Gasteiger partial charge in [0, 0.05) is 6.07 Å². The first-order valence-corrected chi connectivity index (χ1v) is 5.55. The van der Waals surface area contributed by atoms with Crippen LogP contribution in [0.2, 0.25) is 0 Å². The molecule has 2 aromatic rings. The molecule has 0 aliphatic carbocycles. The Morgan fingerprint density at radius 1 is 0.833 bits per heavy atom. The van der Waals surface area contributed by atoms with Crippen LogP contribution in [0.25, 0.3) is 0 Å². The molecule has 0 aromatic heterocycles. The molecule has 18 heavy (non-hydrogen) atoms. The molecule has 0 aliphatic heterocycles. The fourth-order valence-electron chi connectivity index (χ4n) is 1.58. The minimum absolute atomic E-state index is 0.623. The van der Waals surface area contributed by atoms with Crippen molar-refractivity contribution in [2.45, 2.75) is 0 Å². The molecule has 0 heterocycles. The van der Waals surface area contributed by atoms with Crippen LogP contribution in [0.1, 0.15) is 5.56 Å². The molecule has 1 radical (unpaired) electrons. The summed E-state index contributed by atoms with van der Waals surface area (Å²) in [5.74, 6) is 2.69. The van der Waals surface area contributed by atoms with E-state index in [0.29, 0.717) is 17.2 Å². The van der Waals surface area contributed by atoms with E-state index in [-0.39, 0.29) is 0 Å². The van der Waals surface area contributed by atoms with Gasteiger partial charge in [0.05, 0.1) is 14.2 Å². The monoisotopic (exact) mass is 243 g/mol. The van der Waals surface area contributed by atoms with Crippen molar-refractivity contribution in [3.63, 3.8) is 0 Å². The van der Waals surface area contributed by atoms with Crippen molar-refractivity contribution >= 4 is 0 Å². The van der Waals surface area contributed by atoms with Gasteiger partial charge < -0.3 is 14.2 Å². The summed E-state index contributed by atoms with van der Waals surface area (Å²) in [6.45, 7) is 3.92. The standard InChI is InChI=1S/C15H15O3/c1-11-6-4-5-7-13(11)18-14-9-8-12(16-2)10-15(14)17-3/h4-10H,1H2,2-3H3. The van der Waals surface area contributed by atoms with Gasteiger partial charge >= 0.3 is 0 Å². The van der Waals surface area contributed by atoms with E-state index in [1.165, 1.54) is 0 Å². The zero-order valence-corrected chi connectivity index (χ0v) is 10.5. The van der Waals surface area contributed by atoms with Crippen LogP contribution in [0, 0.1) is 6.92 Å². The Bertz CT molecular complexity index is 535. The number of benzene rings is 2. The molecule has 0 fully saturated rings. The second-order valence-electron chi connectivity index (χ2n) is 3.73. The maximum absolute atomic E-state index is 5.79. The number of hydrogen-bond acceptors (Lipinski definition) is 3. The molecule has 3 heteroatoms. The van der Waals surface area contributed by atoms with Crippen molar-refractivity contribution in [3.8, 4) is 23.0 Å². The maximum Gasteiger partial charge on any atom is 0.169 e. The summed E-state index contributed by atoms with van der Waals surface area (Å²) in [6, 6.07) is 13.0. The number of rotatable bonds is 4. The highest BCUT2D eigenvalue weighted by molar-refractivity contribution is 5.49. The molecular formula is C15H15O3.